The van der Waals surface area contributed by atoms with Gasteiger partial charge in [0.05, 0.1) is 6.10 Å². The van der Waals surface area contributed by atoms with Crippen molar-refractivity contribution in [2.75, 3.05) is 60.6 Å². The first-order valence-electron chi connectivity index (χ1n) is 11.1. The van der Waals surface area contributed by atoms with Gasteiger partial charge in [0.25, 0.3) is 0 Å². The maximum absolute atomic E-state index is 5.74. The average Bonchev–Trinajstić information content (AvgIpc) is 2.68. The van der Waals surface area contributed by atoms with Crippen LogP contribution in [0.4, 0.5) is 0 Å². The second kappa shape index (κ2) is 18.2. The highest BCUT2D eigenvalue weighted by atomic mass is 16.5. The van der Waals surface area contributed by atoms with Gasteiger partial charge in [-0.25, -0.2) is 0 Å². The maximum Gasteiger partial charge on any atom is 0.0599 e. The number of hydrogen-bond acceptors (Lipinski definition) is 4. The van der Waals surface area contributed by atoms with Crippen LogP contribution in [0.2, 0.25) is 0 Å². The fraction of sp³-hybridized carbons (Fsp3) is 1.00. The molecule has 0 aromatic rings. The van der Waals surface area contributed by atoms with Crippen molar-refractivity contribution < 1.29 is 9.47 Å². The summed E-state index contributed by atoms with van der Waals surface area (Å²) in [6.45, 7) is 13.1. The molecule has 2 rings (SSSR count). The number of ether oxygens (including phenoxy) is 2. The summed E-state index contributed by atoms with van der Waals surface area (Å²) < 4.78 is 10.8. The lowest BCUT2D eigenvalue weighted by molar-refractivity contribution is 0.0113. The topological polar surface area (TPSA) is 24.9 Å². The number of nitrogens with zero attached hydrogens (tertiary/aromatic N) is 2. The van der Waals surface area contributed by atoms with Crippen molar-refractivity contribution >= 4 is 0 Å². The second-order valence-electron chi connectivity index (χ2n) is 7.61. The molecule has 2 aliphatic heterocycles. The van der Waals surface area contributed by atoms with Crippen LogP contribution in [0.5, 0.6) is 0 Å². The Hall–Kier alpha value is -0.160. The third-order valence-electron chi connectivity index (χ3n) is 5.32. The molecule has 0 spiro atoms. The number of likely N-dealkylation sites (tertiary alicyclic amines) is 2. The molecule has 0 unspecified atom stereocenters. The molecule has 2 heterocycles. The molecule has 0 aromatic carbocycles. The molecule has 0 aromatic heterocycles. The fourth-order valence-electron chi connectivity index (χ4n) is 3.41. The van der Waals surface area contributed by atoms with E-state index < -0.39 is 0 Å². The van der Waals surface area contributed by atoms with Crippen LogP contribution < -0.4 is 0 Å². The Bertz CT molecular complexity index is 245. The van der Waals surface area contributed by atoms with Crippen molar-refractivity contribution in [3.8, 4) is 0 Å². The molecule has 0 saturated carbocycles. The molecule has 2 aliphatic rings. The number of rotatable bonds is 8. The largest absolute Gasteiger partial charge is 0.385 e. The van der Waals surface area contributed by atoms with Crippen LogP contribution in [0, 0.1) is 5.92 Å². The predicted octanol–water partition coefficient (Wildman–Crippen LogP) is 4.68. The summed E-state index contributed by atoms with van der Waals surface area (Å²) in [4.78, 5) is 4.80. The van der Waals surface area contributed by atoms with Crippen LogP contribution in [-0.2, 0) is 9.47 Å². The van der Waals surface area contributed by atoms with Crippen molar-refractivity contribution in [2.24, 2.45) is 5.92 Å². The highest BCUT2D eigenvalue weighted by Gasteiger charge is 2.16. The van der Waals surface area contributed by atoms with Crippen molar-refractivity contribution in [3.63, 3.8) is 0 Å². The Morgan fingerprint density at radius 3 is 1.85 bits per heavy atom. The fourth-order valence-corrected chi connectivity index (χ4v) is 3.41. The first kappa shape index (κ1) is 25.8. The van der Waals surface area contributed by atoms with E-state index in [2.05, 4.69) is 30.8 Å². The summed E-state index contributed by atoms with van der Waals surface area (Å²) in [7, 11) is 6.18. The summed E-state index contributed by atoms with van der Waals surface area (Å²) >= 11 is 0. The number of methoxy groups -OCH3 is 1. The van der Waals surface area contributed by atoms with Crippen molar-refractivity contribution in [1.82, 2.24) is 9.80 Å². The predicted molar refractivity (Wildman–Crippen MR) is 114 cm³/mol. The van der Waals surface area contributed by atoms with Gasteiger partial charge in [0.15, 0.2) is 0 Å². The SMILES string of the molecule is CC.CCCCOC1CCN(C)CC1.COCCCC1CCN(C)CC1. The molecule has 0 radical (unpaired) electrons. The lowest BCUT2D eigenvalue weighted by Gasteiger charge is -2.28. The minimum absolute atomic E-state index is 0.549. The summed E-state index contributed by atoms with van der Waals surface area (Å²) in [6.07, 6.45) is 10.8. The van der Waals surface area contributed by atoms with Crippen LogP contribution in [0.3, 0.4) is 0 Å². The van der Waals surface area contributed by atoms with E-state index >= 15 is 0 Å². The highest BCUT2D eigenvalue weighted by Crippen LogP contribution is 2.20. The molecule has 2 fully saturated rings. The molecule has 0 amide bonds. The molecule has 158 valence electrons. The number of unbranched alkanes of at least 4 members (excludes halogenated alkanes) is 1. The van der Waals surface area contributed by atoms with Gasteiger partial charge >= 0.3 is 0 Å². The summed E-state index contributed by atoms with van der Waals surface area (Å²) in [5, 5.41) is 0. The van der Waals surface area contributed by atoms with Gasteiger partial charge in [-0.05, 0) is 78.0 Å². The smallest absolute Gasteiger partial charge is 0.0599 e. The van der Waals surface area contributed by atoms with E-state index in [1.165, 1.54) is 77.5 Å². The van der Waals surface area contributed by atoms with Crippen LogP contribution in [0.1, 0.15) is 72.1 Å². The second-order valence-corrected chi connectivity index (χ2v) is 7.61. The summed E-state index contributed by atoms with van der Waals surface area (Å²) in [5.41, 5.74) is 0. The minimum atomic E-state index is 0.549. The lowest BCUT2D eigenvalue weighted by atomic mass is 9.93. The van der Waals surface area contributed by atoms with Gasteiger partial charge in [-0.1, -0.05) is 27.2 Å². The summed E-state index contributed by atoms with van der Waals surface area (Å²) in [5.74, 6) is 0.969. The Morgan fingerprint density at radius 2 is 1.35 bits per heavy atom. The summed E-state index contributed by atoms with van der Waals surface area (Å²) in [6, 6.07) is 0. The third kappa shape index (κ3) is 14.0. The van der Waals surface area contributed by atoms with Gasteiger partial charge in [0, 0.05) is 33.4 Å². The number of hydrogen-bond donors (Lipinski definition) is 0. The van der Waals surface area contributed by atoms with E-state index in [1.807, 2.05) is 13.8 Å². The maximum atomic E-state index is 5.74. The first-order valence-corrected chi connectivity index (χ1v) is 11.1. The van der Waals surface area contributed by atoms with Crippen molar-refractivity contribution in [3.05, 3.63) is 0 Å². The van der Waals surface area contributed by atoms with Gasteiger partial charge in [0.1, 0.15) is 0 Å². The zero-order valence-electron chi connectivity index (χ0n) is 18.8. The highest BCUT2D eigenvalue weighted by molar-refractivity contribution is 4.70. The van der Waals surface area contributed by atoms with E-state index in [0.717, 1.165) is 19.1 Å². The van der Waals surface area contributed by atoms with Crippen LogP contribution in [0.25, 0.3) is 0 Å². The van der Waals surface area contributed by atoms with E-state index in [4.69, 9.17) is 9.47 Å². The van der Waals surface area contributed by atoms with Gasteiger partial charge < -0.3 is 19.3 Å². The van der Waals surface area contributed by atoms with Crippen molar-refractivity contribution in [2.45, 2.75) is 78.2 Å². The van der Waals surface area contributed by atoms with Gasteiger partial charge in [0.2, 0.25) is 0 Å². The van der Waals surface area contributed by atoms with E-state index in [9.17, 15) is 0 Å². The molecular weight excluding hydrogens is 324 g/mol. The molecule has 4 nitrogen and oxygen atoms in total. The van der Waals surface area contributed by atoms with Gasteiger partial charge in [-0.15, -0.1) is 0 Å². The molecule has 0 atom stereocenters. The quantitative estimate of drug-likeness (QED) is 0.578. The molecule has 26 heavy (non-hydrogen) atoms. The molecule has 0 aliphatic carbocycles. The zero-order valence-corrected chi connectivity index (χ0v) is 18.8. The molecule has 0 N–H and O–H groups in total. The molecule has 0 bridgehead atoms. The monoisotopic (exact) mass is 372 g/mol. The number of piperidine rings is 2. The van der Waals surface area contributed by atoms with Gasteiger partial charge in [-0.3, -0.25) is 0 Å². The Balaban J connectivity index is 0.000000439. The van der Waals surface area contributed by atoms with Crippen LogP contribution >= 0.6 is 0 Å². The Labute approximate surface area is 164 Å². The third-order valence-corrected chi connectivity index (χ3v) is 5.32. The minimum Gasteiger partial charge on any atom is -0.385 e. The Kier molecular flexibility index (Phi) is 18.1. The normalized spacial score (nSPS) is 20.1. The van der Waals surface area contributed by atoms with Crippen molar-refractivity contribution in [1.29, 1.82) is 0 Å². The Morgan fingerprint density at radius 1 is 0.808 bits per heavy atom. The van der Waals surface area contributed by atoms with E-state index in [0.29, 0.717) is 6.10 Å². The lowest BCUT2D eigenvalue weighted by Crippen LogP contribution is -2.34. The van der Waals surface area contributed by atoms with E-state index in [1.54, 1.807) is 7.11 Å². The van der Waals surface area contributed by atoms with Crippen LogP contribution in [0.15, 0.2) is 0 Å². The molecule has 2 saturated heterocycles. The van der Waals surface area contributed by atoms with Gasteiger partial charge in [-0.2, -0.15) is 0 Å². The first-order chi connectivity index (χ1) is 12.7. The average molecular weight is 373 g/mol. The molecule has 4 heteroatoms. The van der Waals surface area contributed by atoms with Crippen LogP contribution in [-0.4, -0.2) is 76.5 Å². The zero-order chi connectivity index (χ0) is 19.6. The molecular formula is C22H48N2O2. The van der Waals surface area contributed by atoms with E-state index in [-0.39, 0.29) is 0 Å². The standard InChI is InChI=1S/2C10H21NO.C2H6/c1-11-7-5-10(6-8-11)4-3-9-12-2;1-3-4-9-12-10-5-7-11(2)8-6-10;1-2/h2*10H,3-9H2,1-2H3;1-2H3.